The Balaban J connectivity index is 1.60. The fourth-order valence-corrected chi connectivity index (χ4v) is 3.01. The summed E-state index contributed by atoms with van der Waals surface area (Å²) in [6.45, 7) is 3.66. The first kappa shape index (κ1) is 20.4. The number of anilines is 2. The molecular weight excluding hydrogens is 388 g/mol. The maximum absolute atomic E-state index is 12.5. The Morgan fingerprint density at radius 1 is 0.897 bits per heavy atom. The molecule has 0 saturated heterocycles. The van der Waals surface area contributed by atoms with Gasteiger partial charge in [-0.15, -0.1) is 0 Å². The lowest BCUT2D eigenvalue weighted by Crippen LogP contribution is -2.21. The molecule has 0 aliphatic heterocycles. The third-order valence-electron chi connectivity index (χ3n) is 4.18. The van der Waals surface area contributed by atoms with E-state index in [-0.39, 0.29) is 18.4 Å². The Bertz CT molecular complexity index is 1050. The van der Waals surface area contributed by atoms with Crippen molar-refractivity contribution in [1.82, 2.24) is 0 Å². The van der Waals surface area contributed by atoms with Gasteiger partial charge in [-0.05, 0) is 73.5 Å². The summed E-state index contributed by atoms with van der Waals surface area (Å²) in [6, 6.07) is 19.5. The average molecular weight is 409 g/mol. The normalized spacial score (nSPS) is 10.3. The molecule has 0 atom stereocenters. The Morgan fingerprint density at radius 3 is 2.34 bits per heavy atom. The molecule has 0 bridgehead atoms. The number of ether oxygens (including phenoxy) is 1. The summed E-state index contributed by atoms with van der Waals surface area (Å²) in [4.78, 5) is 24.7. The van der Waals surface area contributed by atoms with Gasteiger partial charge in [0.15, 0.2) is 6.61 Å². The number of hydrogen-bond acceptors (Lipinski definition) is 3. The standard InChI is InChI=1S/C23H21ClN2O3/c1-15-5-3-7-19(11-15)26-23(28)17-6-4-8-20(13-17)25-22(27)14-29-21-10-9-18(24)12-16(21)2/h3-13H,14H2,1-2H3,(H,25,27)(H,26,28). The Morgan fingerprint density at radius 2 is 1.62 bits per heavy atom. The van der Waals surface area contributed by atoms with Crippen molar-refractivity contribution < 1.29 is 14.3 Å². The molecule has 0 aromatic heterocycles. The van der Waals surface area contributed by atoms with E-state index >= 15 is 0 Å². The lowest BCUT2D eigenvalue weighted by Gasteiger charge is -2.11. The minimum atomic E-state index is -0.324. The van der Waals surface area contributed by atoms with E-state index in [4.69, 9.17) is 16.3 Å². The second-order valence-electron chi connectivity index (χ2n) is 6.65. The molecule has 29 heavy (non-hydrogen) atoms. The SMILES string of the molecule is Cc1cccc(NC(=O)c2cccc(NC(=O)COc3ccc(Cl)cc3C)c2)c1. The number of halogens is 1. The molecule has 148 valence electrons. The van der Waals surface area contributed by atoms with Crippen LogP contribution in [0.2, 0.25) is 5.02 Å². The van der Waals surface area contributed by atoms with Gasteiger partial charge < -0.3 is 15.4 Å². The first-order valence-electron chi connectivity index (χ1n) is 9.07. The van der Waals surface area contributed by atoms with Crippen LogP contribution in [0, 0.1) is 13.8 Å². The maximum atomic E-state index is 12.5. The molecule has 0 saturated carbocycles. The number of nitrogens with one attached hydrogen (secondary N) is 2. The Labute approximate surface area is 174 Å². The van der Waals surface area contributed by atoms with Crippen LogP contribution in [-0.4, -0.2) is 18.4 Å². The van der Waals surface area contributed by atoms with E-state index < -0.39 is 0 Å². The van der Waals surface area contributed by atoms with Gasteiger partial charge in [0.05, 0.1) is 0 Å². The van der Waals surface area contributed by atoms with Crippen LogP contribution < -0.4 is 15.4 Å². The second-order valence-corrected chi connectivity index (χ2v) is 7.09. The molecule has 3 aromatic carbocycles. The zero-order valence-electron chi connectivity index (χ0n) is 16.2. The Kier molecular flexibility index (Phi) is 6.52. The highest BCUT2D eigenvalue weighted by atomic mass is 35.5. The third-order valence-corrected chi connectivity index (χ3v) is 4.42. The van der Waals surface area contributed by atoms with Gasteiger partial charge in [0.2, 0.25) is 0 Å². The Hall–Kier alpha value is -3.31. The van der Waals surface area contributed by atoms with Gasteiger partial charge >= 0.3 is 0 Å². The van der Waals surface area contributed by atoms with Crippen LogP contribution in [0.25, 0.3) is 0 Å². The quantitative estimate of drug-likeness (QED) is 0.587. The number of carbonyl (C=O) groups excluding carboxylic acids is 2. The average Bonchev–Trinajstić information content (AvgIpc) is 2.67. The van der Waals surface area contributed by atoms with E-state index in [1.165, 1.54) is 0 Å². The number of amides is 2. The van der Waals surface area contributed by atoms with E-state index in [1.54, 1.807) is 42.5 Å². The highest BCUT2D eigenvalue weighted by Gasteiger charge is 2.10. The molecule has 6 heteroatoms. The summed E-state index contributed by atoms with van der Waals surface area (Å²) in [7, 11) is 0. The van der Waals surface area contributed by atoms with Gasteiger partial charge in [-0.1, -0.05) is 29.8 Å². The van der Waals surface area contributed by atoms with Gasteiger partial charge in [-0.25, -0.2) is 0 Å². The molecule has 2 N–H and O–H groups in total. The smallest absolute Gasteiger partial charge is 0.262 e. The van der Waals surface area contributed by atoms with Crippen molar-refractivity contribution in [1.29, 1.82) is 0 Å². The first-order valence-corrected chi connectivity index (χ1v) is 9.45. The second kappa shape index (κ2) is 9.26. The van der Waals surface area contributed by atoms with Crippen molar-refractivity contribution >= 4 is 34.8 Å². The van der Waals surface area contributed by atoms with Gasteiger partial charge in [0.1, 0.15) is 5.75 Å². The predicted octanol–water partition coefficient (Wildman–Crippen LogP) is 5.23. The van der Waals surface area contributed by atoms with Crippen LogP contribution in [0.4, 0.5) is 11.4 Å². The topological polar surface area (TPSA) is 67.4 Å². The molecule has 3 aromatic rings. The lowest BCUT2D eigenvalue weighted by molar-refractivity contribution is -0.118. The molecule has 0 aliphatic carbocycles. The monoisotopic (exact) mass is 408 g/mol. The van der Waals surface area contributed by atoms with Gasteiger partial charge in [-0.2, -0.15) is 0 Å². The summed E-state index contributed by atoms with van der Waals surface area (Å²) in [5, 5.41) is 6.20. The predicted molar refractivity (Wildman–Crippen MR) is 116 cm³/mol. The van der Waals surface area contributed by atoms with Gasteiger partial charge in [-0.3, -0.25) is 9.59 Å². The van der Waals surface area contributed by atoms with E-state index in [1.807, 2.05) is 38.1 Å². The van der Waals surface area contributed by atoms with E-state index in [2.05, 4.69) is 10.6 Å². The summed E-state index contributed by atoms with van der Waals surface area (Å²) < 4.78 is 5.54. The number of carbonyl (C=O) groups is 2. The number of benzene rings is 3. The summed E-state index contributed by atoms with van der Waals surface area (Å²) in [5.74, 6) is 0.0196. The zero-order valence-corrected chi connectivity index (χ0v) is 16.9. The van der Waals surface area contributed by atoms with Crippen molar-refractivity contribution in [3.63, 3.8) is 0 Å². The van der Waals surface area contributed by atoms with Crippen molar-refractivity contribution in [3.05, 3.63) is 88.4 Å². The van der Waals surface area contributed by atoms with E-state index in [0.717, 1.165) is 16.8 Å². The highest BCUT2D eigenvalue weighted by Crippen LogP contribution is 2.22. The molecular formula is C23H21ClN2O3. The lowest BCUT2D eigenvalue weighted by atomic mass is 10.1. The maximum Gasteiger partial charge on any atom is 0.262 e. The number of rotatable bonds is 6. The molecule has 0 aliphatic rings. The highest BCUT2D eigenvalue weighted by molar-refractivity contribution is 6.30. The van der Waals surface area contributed by atoms with Gasteiger partial charge in [0, 0.05) is 22.0 Å². The number of hydrogen-bond donors (Lipinski definition) is 2. The molecule has 0 fully saturated rings. The van der Waals surface area contributed by atoms with Crippen molar-refractivity contribution in [3.8, 4) is 5.75 Å². The van der Waals surface area contributed by atoms with Gasteiger partial charge in [0.25, 0.3) is 11.8 Å². The van der Waals surface area contributed by atoms with Crippen molar-refractivity contribution in [2.24, 2.45) is 0 Å². The van der Waals surface area contributed by atoms with Crippen LogP contribution in [0.5, 0.6) is 5.75 Å². The van der Waals surface area contributed by atoms with Crippen LogP contribution >= 0.6 is 11.6 Å². The van der Waals surface area contributed by atoms with Crippen LogP contribution in [-0.2, 0) is 4.79 Å². The summed E-state index contributed by atoms with van der Waals surface area (Å²) >= 11 is 5.92. The fraction of sp³-hybridized carbons (Fsp3) is 0.130. The van der Waals surface area contributed by atoms with Crippen molar-refractivity contribution in [2.75, 3.05) is 17.2 Å². The molecule has 5 nitrogen and oxygen atoms in total. The zero-order chi connectivity index (χ0) is 20.8. The third kappa shape index (κ3) is 5.83. The minimum Gasteiger partial charge on any atom is -0.483 e. The van der Waals surface area contributed by atoms with Crippen LogP contribution in [0.1, 0.15) is 21.5 Å². The largest absolute Gasteiger partial charge is 0.483 e. The van der Waals surface area contributed by atoms with Crippen LogP contribution in [0.3, 0.4) is 0 Å². The van der Waals surface area contributed by atoms with E-state index in [9.17, 15) is 9.59 Å². The molecule has 0 radical (unpaired) electrons. The van der Waals surface area contributed by atoms with Crippen molar-refractivity contribution in [2.45, 2.75) is 13.8 Å². The van der Waals surface area contributed by atoms with E-state index in [0.29, 0.717) is 22.0 Å². The molecule has 2 amide bonds. The molecule has 0 spiro atoms. The molecule has 3 rings (SSSR count). The first-order chi connectivity index (χ1) is 13.9. The molecule has 0 unspecified atom stereocenters. The number of aryl methyl sites for hydroxylation is 2. The van der Waals surface area contributed by atoms with Crippen LogP contribution in [0.15, 0.2) is 66.7 Å². The summed E-state index contributed by atoms with van der Waals surface area (Å²) in [6.07, 6.45) is 0. The molecule has 0 heterocycles. The fourth-order valence-electron chi connectivity index (χ4n) is 2.78. The minimum absolute atomic E-state index is 0.151. The summed E-state index contributed by atoms with van der Waals surface area (Å²) in [5.41, 5.74) is 3.58.